The molecule has 0 saturated heterocycles. The van der Waals surface area contributed by atoms with Crippen LogP contribution in [0.4, 0.5) is 28.4 Å². The van der Waals surface area contributed by atoms with Crippen molar-refractivity contribution in [3.8, 4) is 0 Å². The Morgan fingerprint density at radius 3 is 2.81 bits per heavy atom. The average molecular weight is 496 g/mol. The number of nitrogens with two attached hydrogens (primary N) is 1. The van der Waals surface area contributed by atoms with Crippen LogP contribution in [0.3, 0.4) is 0 Å². The molecular formula is C27H21N5O3S. The third-order valence-electron chi connectivity index (χ3n) is 6.51. The van der Waals surface area contributed by atoms with Gasteiger partial charge < -0.3 is 21.3 Å². The Hall–Kier alpha value is -4.50. The number of pyridine rings is 1. The molecular weight excluding hydrogens is 474 g/mol. The second-order valence-corrected chi connectivity index (χ2v) is 9.54. The van der Waals surface area contributed by atoms with E-state index in [-0.39, 0.29) is 17.3 Å². The maximum atomic E-state index is 13.2. The fourth-order valence-electron chi connectivity index (χ4n) is 4.67. The second-order valence-electron chi connectivity index (χ2n) is 8.62. The molecule has 0 fully saturated rings. The van der Waals surface area contributed by atoms with Crippen LogP contribution in [-0.2, 0) is 13.0 Å². The molecule has 4 N–H and O–H groups in total. The molecule has 3 aromatic carbocycles. The Morgan fingerprint density at radius 1 is 1.08 bits per heavy atom. The lowest BCUT2D eigenvalue weighted by molar-refractivity contribution is 0.103. The number of benzene rings is 2. The van der Waals surface area contributed by atoms with E-state index in [0.29, 0.717) is 23.7 Å². The van der Waals surface area contributed by atoms with E-state index in [9.17, 15) is 14.4 Å². The number of nitrogens with one attached hydrogen (secondary N) is 2. The van der Waals surface area contributed by atoms with Crippen LogP contribution in [0.5, 0.6) is 0 Å². The van der Waals surface area contributed by atoms with Crippen molar-refractivity contribution in [3.05, 3.63) is 103 Å². The molecule has 0 radical (unpaired) electrons. The van der Waals surface area contributed by atoms with Crippen molar-refractivity contribution in [1.82, 2.24) is 4.98 Å². The lowest BCUT2D eigenvalue weighted by Crippen LogP contribution is -2.40. The first kappa shape index (κ1) is 22.0. The molecule has 8 nitrogen and oxygen atoms in total. The van der Waals surface area contributed by atoms with Crippen LogP contribution in [-0.4, -0.2) is 17.4 Å². The van der Waals surface area contributed by atoms with Gasteiger partial charge in [-0.1, -0.05) is 24.3 Å². The van der Waals surface area contributed by atoms with Gasteiger partial charge in [-0.15, -0.1) is 11.3 Å². The van der Waals surface area contributed by atoms with Gasteiger partial charge in [-0.3, -0.25) is 19.4 Å². The number of para-hydroxylation sites is 1. The molecule has 36 heavy (non-hydrogen) atoms. The van der Waals surface area contributed by atoms with Gasteiger partial charge in [-0.25, -0.2) is 0 Å². The minimum atomic E-state index is -0.639. The first-order valence-corrected chi connectivity index (χ1v) is 12.3. The Morgan fingerprint density at radius 2 is 1.94 bits per heavy atom. The number of hydrogen-bond donors (Lipinski definition) is 3. The summed E-state index contributed by atoms with van der Waals surface area (Å²) in [7, 11) is 0. The van der Waals surface area contributed by atoms with E-state index in [4.69, 9.17) is 5.73 Å². The highest BCUT2D eigenvalue weighted by atomic mass is 32.1. The number of amides is 1. The molecule has 0 aliphatic carbocycles. The van der Waals surface area contributed by atoms with Crippen LogP contribution in [0.15, 0.2) is 75.8 Å². The number of thiophene rings is 1. The molecule has 0 spiro atoms. The van der Waals surface area contributed by atoms with E-state index in [1.165, 1.54) is 11.3 Å². The molecule has 6 rings (SSSR count). The van der Waals surface area contributed by atoms with Gasteiger partial charge in [0.05, 0.1) is 11.2 Å². The molecule has 3 heterocycles. The predicted octanol–water partition coefficient (Wildman–Crippen LogP) is 4.03. The summed E-state index contributed by atoms with van der Waals surface area (Å²) in [6, 6.07) is 17.4. The van der Waals surface area contributed by atoms with Gasteiger partial charge in [0, 0.05) is 36.0 Å². The molecule has 178 valence electrons. The topological polar surface area (TPSA) is 117 Å². The summed E-state index contributed by atoms with van der Waals surface area (Å²) >= 11 is 1.36. The minimum absolute atomic E-state index is 0.00133. The first-order chi connectivity index (χ1) is 17.5. The zero-order chi connectivity index (χ0) is 24.8. The highest BCUT2D eigenvalue weighted by Gasteiger charge is 2.30. The highest BCUT2D eigenvalue weighted by Crippen LogP contribution is 2.37. The van der Waals surface area contributed by atoms with E-state index in [0.717, 1.165) is 39.8 Å². The summed E-state index contributed by atoms with van der Waals surface area (Å²) in [6.45, 7) is 1.11. The third kappa shape index (κ3) is 3.61. The molecule has 1 aliphatic heterocycles. The molecule has 0 bridgehead atoms. The molecule has 1 amide bonds. The number of nitrogens with zero attached hydrogens (tertiary/aromatic N) is 2. The van der Waals surface area contributed by atoms with Crippen molar-refractivity contribution in [2.75, 3.05) is 27.8 Å². The number of nitrogen functional groups attached to an aromatic ring is 1. The number of anilines is 5. The zero-order valence-electron chi connectivity index (χ0n) is 19.1. The van der Waals surface area contributed by atoms with Crippen molar-refractivity contribution in [3.63, 3.8) is 0 Å². The molecule has 9 heteroatoms. The molecule has 0 unspecified atom stereocenters. The summed E-state index contributed by atoms with van der Waals surface area (Å²) in [4.78, 5) is 43.5. The lowest BCUT2D eigenvalue weighted by Gasteiger charge is -2.22. The molecule has 0 saturated carbocycles. The Bertz CT molecular complexity index is 1710. The van der Waals surface area contributed by atoms with Crippen LogP contribution in [0.25, 0.3) is 10.9 Å². The lowest BCUT2D eigenvalue weighted by atomic mass is 10.1. The number of rotatable bonds is 6. The van der Waals surface area contributed by atoms with Crippen LogP contribution in [0.1, 0.15) is 20.8 Å². The van der Waals surface area contributed by atoms with Gasteiger partial charge in [0.2, 0.25) is 0 Å². The van der Waals surface area contributed by atoms with Gasteiger partial charge in [-0.2, -0.15) is 0 Å². The summed E-state index contributed by atoms with van der Waals surface area (Å²) < 4.78 is 0. The SMILES string of the molecule is Nc1c(N2CCc3ccc(NC(=O)c4sccc4NCc4ccnc5ccccc45)cc32)c(=O)c1=O. The number of carbonyl (C=O) groups excluding carboxylic acids is 1. The first-order valence-electron chi connectivity index (χ1n) is 11.5. The van der Waals surface area contributed by atoms with Gasteiger partial charge in [0.1, 0.15) is 16.3 Å². The predicted molar refractivity (Wildman–Crippen MR) is 144 cm³/mol. The van der Waals surface area contributed by atoms with Crippen LogP contribution < -0.4 is 32.1 Å². The third-order valence-corrected chi connectivity index (χ3v) is 7.42. The average Bonchev–Trinajstić information content (AvgIpc) is 3.54. The summed E-state index contributed by atoms with van der Waals surface area (Å²) in [5.41, 5.74) is 10.0. The van der Waals surface area contributed by atoms with E-state index < -0.39 is 10.9 Å². The molecule has 0 atom stereocenters. The van der Waals surface area contributed by atoms with Crippen LogP contribution in [0, 0.1) is 0 Å². The van der Waals surface area contributed by atoms with E-state index in [1.54, 1.807) is 11.1 Å². The Balaban J connectivity index is 1.20. The highest BCUT2D eigenvalue weighted by molar-refractivity contribution is 7.12. The number of carbonyl (C=O) groups is 1. The largest absolute Gasteiger partial charge is 0.394 e. The van der Waals surface area contributed by atoms with E-state index >= 15 is 0 Å². The van der Waals surface area contributed by atoms with Crippen molar-refractivity contribution >= 4 is 56.6 Å². The Kier molecular flexibility index (Phi) is 5.26. The summed E-state index contributed by atoms with van der Waals surface area (Å²) in [5.74, 6) is -0.231. The van der Waals surface area contributed by atoms with Gasteiger partial charge in [0.15, 0.2) is 0 Å². The van der Waals surface area contributed by atoms with Gasteiger partial charge >= 0.3 is 0 Å². The van der Waals surface area contributed by atoms with Crippen molar-refractivity contribution in [2.45, 2.75) is 13.0 Å². The number of hydrogen-bond acceptors (Lipinski definition) is 8. The fourth-order valence-corrected chi connectivity index (χ4v) is 5.43. The second kappa shape index (κ2) is 8.62. The number of aromatic nitrogens is 1. The van der Waals surface area contributed by atoms with Gasteiger partial charge in [0.25, 0.3) is 16.8 Å². The van der Waals surface area contributed by atoms with Crippen LogP contribution in [0.2, 0.25) is 0 Å². The minimum Gasteiger partial charge on any atom is -0.394 e. The number of fused-ring (bicyclic) bond motifs is 2. The van der Waals surface area contributed by atoms with Crippen molar-refractivity contribution < 1.29 is 4.79 Å². The van der Waals surface area contributed by atoms with E-state index in [1.807, 2.05) is 60.0 Å². The smallest absolute Gasteiger partial charge is 0.267 e. The summed E-state index contributed by atoms with van der Waals surface area (Å²) in [6.07, 6.45) is 2.51. The standard InChI is InChI=1S/C27H21N5O3S/c28-22-23(25(34)24(22)33)32-11-8-15-5-6-17(13-21(15)32)31-27(35)26-20(9-12-36-26)30-14-16-7-10-29-19-4-2-1-3-18(16)19/h1-7,9-10,12-13,30H,8,11,14,28H2,(H,31,35). The van der Waals surface area contributed by atoms with Crippen molar-refractivity contribution in [2.24, 2.45) is 0 Å². The summed E-state index contributed by atoms with van der Waals surface area (Å²) in [5, 5.41) is 9.29. The van der Waals surface area contributed by atoms with Crippen molar-refractivity contribution in [1.29, 1.82) is 0 Å². The molecule has 2 aromatic heterocycles. The van der Waals surface area contributed by atoms with Gasteiger partial charge in [-0.05, 0) is 53.3 Å². The molecule has 5 aromatic rings. The monoisotopic (exact) mass is 495 g/mol. The van der Waals surface area contributed by atoms with Crippen LogP contribution >= 0.6 is 11.3 Å². The normalized spacial score (nSPS) is 12.7. The quantitative estimate of drug-likeness (QED) is 0.304. The fraction of sp³-hybridized carbons (Fsp3) is 0.111. The maximum Gasteiger partial charge on any atom is 0.267 e. The molecule has 1 aliphatic rings. The van der Waals surface area contributed by atoms with E-state index in [2.05, 4.69) is 15.6 Å². The zero-order valence-corrected chi connectivity index (χ0v) is 19.9. The Labute approximate surface area is 209 Å². The maximum absolute atomic E-state index is 13.2.